The van der Waals surface area contributed by atoms with Crippen molar-refractivity contribution >= 4 is 18.3 Å². The van der Waals surface area contributed by atoms with E-state index in [0.29, 0.717) is 24.4 Å². The van der Waals surface area contributed by atoms with E-state index in [1.807, 2.05) is 11.0 Å². The van der Waals surface area contributed by atoms with Gasteiger partial charge in [-0.15, -0.1) is 12.4 Å². The summed E-state index contributed by atoms with van der Waals surface area (Å²) in [5, 5.41) is 0. The molecule has 2 aromatic rings. The van der Waals surface area contributed by atoms with Crippen LogP contribution in [0.25, 0.3) is 0 Å². The highest BCUT2D eigenvalue weighted by Crippen LogP contribution is 2.25. The number of nitrogens with zero attached hydrogens (tertiary/aromatic N) is 2. The number of halogens is 2. The van der Waals surface area contributed by atoms with E-state index in [2.05, 4.69) is 29.2 Å². The molecule has 27 heavy (non-hydrogen) atoms. The third-order valence-corrected chi connectivity index (χ3v) is 5.76. The van der Waals surface area contributed by atoms with E-state index in [4.69, 9.17) is 0 Å². The zero-order valence-electron chi connectivity index (χ0n) is 15.7. The van der Waals surface area contributed by atoms with Crippen LogP contribution in [-0.4, -0.2) is 41.4 Å². The van der Waals surface area contributed by atoms with Gasteiger partial charge in [-0.05, 0) is 48.1 Å². The van der Waals surface area contributed by atoms with Gasteiger partial charge in [0.05, 0.1) is 0 Å². The summed E-state index contributed by atoms with van der Waals surface area (Å²) in [7, 11) is 0. The molecule has 0 saturated carbocycles. The van der Waals surface area contributed by atoms with Crippen LogP contribution >= 0.6 is 12.4 Å². The molecule has 0 radical (unpaired) electrons. The van der Waals surface area contributed by atoms with Crippen LogP contribution in [-0.2, 0) is 24.2 Å². The van der Waals surface area contributed by atoms with Crippen molar-refractivity contribution in [1.29, 1.82) is 0 Å². The maximum atomic E-state index is 13.6. The molecule has 2 aliphatic rings. The first-order valence-electron chi connectivity index (χ1n) is 9.44. The van der Waals surface area contributed by atoms with Gasteiger partial charge in [0.25, 0.3) is 0 Å². The normalized spacial score (nSPS) is 17.0. The monoisotopic (exact) mass is 388 g/mol. The van der Waals surface area contributed by atoms with Gasteiger partial charge in [0, 0.05) is 38.6 Å². The predicted molar refractivity (Wildman–Crippen MR) is 108 cm³/mol. The summed E-state index contributed by atoms with van der Waals surface area (Å²) in [5.41, 5.74) is 4.42. The van der Waals surface area contributed by atoms with Crippen molar-refractivity contribution in [2.45, 2.75) is 38.8 Å². The summed E-state index contributed by atoms with van der Waals surface area (Å²) in [5.74, 6) is -0.0102. The minimum atomic E-state index is -0.190. The van der Waals surface area contributed by atoms with Crippen molar-refractivity contribution in [3.63, 3.8) is 0 Å². The van der Waals surface area contributed by atoms with E-state index in [9.17, 15) is 9.18 Å². The molecule has 1 amide bonds. The van der Waals surface area contributed by atoms with Crippen molar-refractivity contribution in [2.75, 3.05) is 19.6 Å². The lowest BCUT2D eigenvalue weighted by molar-refractivity contribution is -0.138. The molecule has 0 aliphatic carbocycles. The van der Waals surface area contributed by atoms with Crippen LogP contribution in [0.3, 0.4) is 0 Å². The van der Waals surface area contributed by atoms with Gasteiger partial charge in [-0.2, -0.15) is 0 Å². The maximum Gasteiger partial charge on any atom is 0.223 e. The molecule has 3 nitrogen and oxygen atoms in total. The summed E-state index contributed by atoms with van der Waals surface area (Å²) in [6.07, 6.45) is 2.16. The number of carbonyl (C=O) groups is 1. The van der Waals surface area contributed by atoms with Crippen molar-refractivity contribution in [2.24, 2.45) is 0 Å². The Kier molecular flexibility index (Phi) is 6.18. The van der Waals surface area contributed by atoms with Crippen LogP contribution in [0.5, 0.6) is 0 Å². The molecule has 0 N–H and O–H groups in total. The average Bonchev–Trinajstić information content (AvgIpc) is 2.61. The fourth-order valence-electron chi connectivity index (χ4n) is 3.92. The first-order valence-corrected chi connectivity index (χ1v) is 9.44. The van der Waals surface area contributed by atoms with Crippen molar-refractivity contribution in [3.8, 4) is 0 Å². The van der Waals surface area contributed by atoms with E-state index in [1.165, 1.54) is 11.1 Å². The quantitative estimate of drug-likeness (QED) is 0.796. The molecule has 2 aliphatic heterocycles. The molecule has 2 heterocycles. The topological polar surface area (TPSA) is 23.6 Å². The van der Waals surface area contributed by atoms with Crippen LogP contribution in [0, 0.1) is 12.7 Å². The Balaban J connectivity index is 0.00000210. The van der Waals surface area contributed by atoms with Gasteiger partial charge in [0.1, 0.15) is 5.82 Å². The van der Waals surface area contributed by atoms with Crippen molar-refractivity contribution < 1.29 is 9.18 Å². The number of benzene rings is 2. The van der Waals surface area contributed by atoms with Crippen molar-refractivity contribution in [1.82, 2.24) is 9.80 Å². The SMILES string of the molecule is Cc1ccc(CCC(=O)N2CC(N3CCc4ccccc4C3)C2)cc1F.Cl. The molecular weight excluding hydrogens is 363 g/mol. The Labute approximate surface area is 166 Å². The number of hydrogen-bond acceptors (Lipinski definition) is 2. The molecule has 0 spiro atoms. The van der Waals surface area contributed by atoms with Crippen LogP contribution < -0.4 is 0 Å². The average molecular weight is 389 g/mol. The third kappa shape index (κ3) is 4.33. The Bertz CT molecular complexity index is 820. The fourth-order valence-corrected chi connectivity index (χ4v) is 3.92. The lowest BCUT2D eigenvalue weighted by Gasteiger charge is -2.47. The molecule has 0 atom stereocenters. The Morgan fingerprint density at radius 1 is 1.15 bits per heavy atom. The summed E-state index contributed by atoms with van der Waals surface area (Å²) in [6, 6.07) is 14.4. The zero-order chi connectivity index (χ0) is 18.1. The largest absolute Gasteiger partial charge is 0.339 e. The second-order valence-electron chi connectivity index (χ2n) is 7.53. The van der Waals surface area contributed by atoms with E-state index >= 15 is 0 Å². The highest BCUT2D eigenvalue weighted by Gasteiger charge is 2.35. The second-order valence-corrected chi connectivity index (χ2v) is 7.53. The van der Waals surface area contributed by atoms with Gasteiger partial charge in [0.2, 0.25) is 5.91 Å². The summed E-state index contributed by atoms with van der Waals surface area (Å²) in [4.78, 5) is 16.8. The summed E-state index contributed by atoms with van der Waals surface area (Å²) >= 11 is 0. The lowest BCUT2D eigenvalue weighted by Crippen LogP contribution is -2.61. The summed E-state index contributed by atoms with van der Waals surface area (Å²) in [6.45, 7) is 5.47. The van der Waals surface area contributed by atoms with Crippen LogP contribution in [0.15, 0.2) is 42.5 Å². The van der Waals surface area contributed by atoms with E-state index in [0.717, 1.165) is 38.2 Å². The molecule has 0 aromatic heterocycles. The number of amides is 1. The minimum absolute atomic E-state index is 0. The predicted octanol–water partition coefficient (Wildman–Crippen LogP) is 3.76. The van der Waals surface area contributed by atoms with E-state index in [-0.39, 0.29) is 24.1 Å². The lowest BCUT2D eigenvalue weighted by atomic mass is 9.96. The van der Waals surface area contributed by atoms with Crippen LogP contribution in [0.2, 0.25) is 0 Å². The summed E-state index contributed by atoms with van der Waals surface area (Å²) < 4.78 is 13.6. The standard InChI is InChI=1S/C22H25FN2O.ClH/c1-16-6-7-17(12-21(16)23)8-9-22(26)25-14-20(15-25)24-11-10-18-4-2-3-5-19(18)13-24;/h2-7,12,20H,8-11,13-15H2,1H3;1H. The zero-order valence-corrected chi connectivity index (χ0v) is 16.5. The Morgan fingerprint density at radius 2 is 1.89 bits per heavy atom. The van der Waals surface area contributed by atoms with Gasteiger partial charge in [-0.1, -0.05) is 36.4 Å². The molecular formula is C22H26ClFN2O. The highest BCUT2D eigenvalue weighted by atomic mass is 35.5. The fraction of sp³-hybridized carbons (Fsp3) is 0.409. The smallest absolute Gasteiger partial charge is 0.223 e. The molecule has 4 rings (SSSR count). The van der Waals surface area contributed by atoms with Gasteiger partial charge in [-0.3, -0.25) is 9.69 Å². The van der Waals surface area contributed by atoms with Gasteiger partial charge >= 0.3 is 0 Å². The highest BCUT2D eigenvalue weighted by molar-refractivity contribution is 5.85. The molecule has 5 heteroatoms. The minimum Gasteiger partial charge on any atom is -0.339 e. The number of carbonyl (C=O) groups excluding carboxylic acids is 1. The second kappa shape index (κ2) is 8.41. The molecule has 0 unspecified atom stereocenters. The number of aryl methyl sites for hydroxylation is 2. The molecule has 144 valence electrons. The Hall–Kier alpha value is -1.91. The van der Waals surface area contributed by atoms with E-state index < -0.39 is 0 Å². The first-order chi connectivity index (χ1) is 12.6. The van der Waals surface area contributed by atoms with Crippen molar-refractivity contribution in [3.05, 3.63) is 70.5 Å². The van der Waals surface area contributed by atoms with Crippen LogP contribution in [0.4, 0.5) is 4.39 Å². The number of fused-ring (bicyclic) bond motifs is 1. The number of hydrogen-bond donors (Lipinski definition) is 0. The molecule has 0 bridgehead atoms. The van der Waals surface area contributed by atoms with Gasteiger partial charge in [-0.25, -0.2) is 4.39 Å². The first kappa shape index (κ1) is 19.8. The molecule has 1 fully saturated rings. The maximum absolute atomic E-state index is 13.6. The number of rotatable bonds is 4. The van der Waals surface area contributed by atoms with Gasteiger partial charge in [0.15, 0.2) is 0 Å². The van der Waals surface area contributed by atoms with Crippen LogP contribution in [0.1, 0.15) is 28.7 Å². The van der Waals surface area contributed by atoms with E-state index in [1.54, 1.807) is 19.1 Å². The third-order valence-electron chi connectivity index (χ3n) is 5.76. The molecule has 2 aromatic carbocycles. The number of likely N-dealkylation sites (tertiary alicyclic amines) is 1. The van der Waals surface area contributed by atoms with Gasteiger partial charge < -0.3 is 4.90 Å². The Morgan fingerprint density at radius 3 is 2.63 bits per heavy atom. The molecule has 1 saturated heterocycles.